The number of aryl methyl sites for hydroxylation is 3. The van der Waals surface area contributed by atoms with Gasteiger partial charge in [0.25, 0.3) is 0 Å². The number of hydrogen-bond acceptors (Lipinski definition) is 0. The van der Waals surface area contributed by atoms with Crippen LogP contribution in [0.15, 0.2) is 30.3 Å². The average molecular weight is 297 g/mol. The van der Waals surface area contributed by atoms with Crippen LogP contribution in [0.2, 0.25) is 5.02 Å². The maximum Gasteiger partial charge on any atom is 0.129 e. The van der Waals surface area contributed by atoms with Gasteiger partial charge in [-0.15, -0.1) is 11.6 Å². The Bertz CT molecular complexity index is 577. The summed E-state index contributed by atoms with van der Waals surface area (Å²) in [6.45, 7) is 5.47. The summed E-state index contributed by atoms with van der Waals surface area (Å²) in [5.41, 5.74) is 4.10. The van der Waals surface area contributed by atoms with Gasteiger partial charge in [-0.05, 0) is 60.7 Å². The van der Waals surface area contributed by atoms with E-state index in [4.69, 9.17) is 23.2 Å². The van der Waals surface area contributed by atoms with Crippen molar-refractivity contribution in [3.8, 4) is 0 Å². The Morgan fingerprint density at radius 2 is 1.42 bits per heavy atom. The van der Waals surface area contributed by atoms with Crippen LogP contribution in [0, 0.1) is 26.6 Å². The van der Waals surface area contributed by atoms with Crippen LogP contribution in [0.4, 0.5) is 4.39 Å². The van der Waals surface area contributed by atoms with Gasteiger partial charge in [0, 0.05) is 5.02 Å². The first-order valence-electron chi connectivity index (χ1n) is 6.06. The summed E-state index contributed by atoms with van der Waals surface area (Å²) >= 11 is 12.5. The Balaban J connectivity index is 2.46. The summed E-state index contributed by atoms with van der Waals surface area (Å²) in [6.07, 6.45) is 0. The molecule has 0 N–H and O–H groups in total. The molecule has 0 heterocycles. The second-order valence-corrected chi connectivity index (χ2v) is 5.77. The van der Waals surface area contributed by atoms with Crippen molar-refractivity contribution in [2.75, 3.05) is 0 Å². The van der Waals surface area contributed by atoms with Gasteiger partial charge in [0.1, 0.15) is 5.82 Å². The highest BCUT2D eigenvalue weighted by atomic mass is 35.5. The highest BCUT2D eigenvalue weighted by molar-refractivity contribution is 6.31. The molecule has 19 heavy (non-hydrogen) atoms. The smallest absolute Gasteiger partial charge is 0.129 e. The lowest BCUT2D eigenvalue weighted by atomic mass is 9.99. The van der Waals surface area contributed by atoms with Crippen molar-refractivity contribution in [3.63, 3.8) is 0 Å². The Hall–Kier alpha value is -1.05. The van der Waals surface area contributed by atoms with Crippen LogP contribution in [-0.2, 0) is 0 Å². The van der Waals surface area contributed by atoms with E-state index >= 15 is 0 Å². The van der Waals surface area contributed by atoms with Gasteiger partial charge in [-0.25, -0.2) is 4.39 Å². The van der Waals surface area contributed by atoms with Crippen LogP contribution in [0.1, 0.15) is 33.2 Å². The second kappa shape index (κ2) is 5.52. The van der Waals surface area contributed by atoms with Crippen molar-refractivity contribution >= 4 is 23.2 Å². The lowest BCUT2D eigenvalue weighted by molar-refractivity contribution is 0.608. The molecule has 1 unspecified atom stereocenters. The Kier molecular flexibility index (Phi) is 4.17. The molecule has 0 saturated carbocycles. The molecule has 2 aromatic carbocycles. The quantitative estimate of drug-likeness (QED) is 0.621. The largest absolute Gasteiger partial charge is 0.206 e. The fraction of sp³-hybridized carbons (Fsp3) is 0.250. The van der Waals surface area contributed by atoms with Crippen LogP contribution >= 0.6 is 23.2 Å². The molecule has 0 saturated heterocycles. The van der Waals surface area contributed by atoms with Gasteiger partial charge in [0.15, 0.2) is 0 Å². The first-order chi connectivity index (χ1) is 8.88. The molecule has 2 aromatic rings. The molecule has 0 nitrogen and oxygen atoms in total. The fourth-order valence-corrected chi connectivity index (χ4v) is 2.78. The van der Waals surface area contributed by atoms with Crippen molar-refractivity contribution in [2.24, 2.45) is 0 Å². The predicted octanol–water partition coefficient (Wildman–Crippen LogP) is 5.73. The van der Waals surface area contributed by atoms with Gasteiger partial charge in [-0.1, -0.05) is 29.8 Å². The van der Waals surface area contributed by atoms with E-state index in [1.165, 1.54) is 0 Å². The Morgan fingerprint density at radius 3 is 1.95 bits per heavy atom. The standard InChI is InChI=1S/C16H15Cl2F/c1-9-4-12(8-14(17)5-9)15(18)13-6-10(2)16(19)11(3)7-13/h4-8,15H,1-3H3. The zero-order valence-corrected chi connectivity index (χ0v) is 12.6. The monoisotopic (exact) mass is 296 g/mol. The van der Waals surface area contributed by atoms with Gasteiger partial charge in [-0.2, -0.15) is 0 Å². The number of alkyl halides is 1. The van der Waals surface area contributed by atoms with E-state index in [0.717, 1.165) is 16.7 Å². The Morgan fingerprint density at radius 1 is 0.895 bits per heavy atom. The topological polar surface area (TPSA) is 0 Å². The van der Waals surface area contributed by atoms with Crippen LogP contribution in [0.25, 0.3) is 0 Å². The third-order valence-electron chi connectivity index (χ3n) is 3.11. The number of rotatable bonds is 2. The molecule has 0 aromatic heterocycles. The zero-order valence-electron chi connectivity index (χ0n) is 11.1. The fourth-order valence-electron chi connectivity index (χ4n) is 2.23. The molecule has 0 aliphatic carbocycles. The SMILES string of the molecule is Cc1cc(Cl)cc(C(Cl)c2cc(C)c(F)c(C)c2)c1. The van der Waals surface area contributed by atoms with Crippen molar-refractivity contribution in [3.05, 3.63) is 69.0 Å². The minimum absolute atomic E-state index is 0.171. The summed E-state index contributed by atoms with van der Waals surface area (Å²) < 4.78 is 13.6. The van der Waals surface area contributed by atoms with Crippen LogP contribution in [0.5, 0.6) is 0 Å². The molecule has 0 bridgehead atoms. The molecule has 0 aliphatic heterocycles. The maximum absolute atomic E-state index is 13.6. The molecular formula is C16H15Cl2F. The first-order valence-corrected chi connectivity index (χ1v) is 6.87. The van der Waals surface area contributed by atoms with Gasteiger partial charge in [0.05, 0.1) is 5.38 Å². The lowest BCUT2D eigenvalue weighted by Gasteiger charge is -2.14. The normalized spacial score (nSPS) is 12.5. The van der Waals surface area contributed by atoms with Gasteiger partial charge in [-0.3, -0.25) is 0 Å². The number of benzene rings is 2. The van der Waals surface area contributed by atoms with E-state index in [0.29, 0.717) is 16.1 Å². The molecule has 0 fully saturated rings. The average Bonchev–Trinajstić information content (AvgIpc) is 2.33. The third-order valence-corrected chi connectivity index (χ3v) is 3.83. The van der Waals surface area contributed by atoms with E-state index in [1.807, 2.05) is 25.1 Å². The van der Waals surface area contributed by atoms with Gasteiger partial charge in [0.2, 0.25) is 0 Å². The van der Waals surface area contributed by atoms with Gasteiger partial charge >= 0.3 is 0 Å². The zero-order chi connectivity index (χ0) is 14.2. The summed E-state index contributed by atoms with van der Waals surface area (Å²) in [5.74, 6) is -0.171. The number of hydrogen-bond donors (Lipinski definition) is 0. The molecule has 0 amide bonds. The molecule has 0 radical (unpaired) electrons. The number of halogens is 3. The Labute approximate surface area is 123 Å². The van der Waals surface area contributed by atoms with Crippen LogP contribution in [0.3, 0.4) is 0 Å². The summed E-state index contributed by atoms with van der Waals surface area (Å²) in [5, 5.41) is 0.339. The second-order valence-electron chi connectivity index (χ2n) is 4.89. The van der Waals surface area contributed by atoms with E-state index in [1.54, 1.807) is 26.0 Å². The molecule has 3 heteroatoms. The molecule has 1 atom stereocenters. The highest BCUT2D eigenvalue weighted by Crippen LogP contribution is 2.32. The van der Waals surface area contributed by atoms with Crippen LogP contribution < -0.4 is 0 Å². The maximum atomic E-state index is 13.6. The van der Waals surface area contributed by atoms with Crippen molar-refractivity contribution in [2.45, 2.75) is 26.1 Å². The molecule has 0 aliphatic rings. The molecular weight excluding hydrogens is 282 g/mol. The van der Waals surface area contributed by atoms with E-state index in [2.05, 4.69) is 0 Å². The third kappa shape index (κ3) is 3.10. The van der Waals surface area contributed by atoms with E-state index in [9.17, 15) is 4.39 Å². The minimum Gasteiger partial charge on any atom is -0.206 e. The van der Waals surface area contributed by atoms with E-state index < -0.39 is 0 Å². The van der Waals surface area contributed by atoms with Crippen molar-refractivity contribution in [1.82, 2.24) is 0 Å². The molecule has 100 valence electrons. The van der Waals surface area contributed by atoms with Gasteiger partial charge < -0.3 is 0 Å². The van der Waals surface area contributed by atoms with Crippen LogP contribution in [-0.4, -0.2) is 0 Å². The summed E-state index contributed by atoms with van der Waals surface area (Å²) in [6, 6.07) is 9.31. The summed E-state index contributed by atoms with van der Waals surface area (Å²) in [7, 11) is 0. The summed E-state index contributed by atoms with van der Waals surface area (Å²) in [4.78, 5) is 0. The molecule has 0 spiro atoms. The lowest BCUT2D eigenvalue weighted by Crippen LogP contribution is -1.98. The van der Waals surface area contributed by atoms with Crippen molar-refractivity contribution in [1.29, 1.82) is 0 Å². The highest BCUT2D eigenvalue weighted by Gasteiger charge is 2.14. The van der Waals surface area contributed by atoms with Crippen molar-refractivity contribution < 1.29 is 4.39 Å². The minimum atomic E-state index is -0.324. The predicted molar refractivity (Wildman–Crippen MR) is 79.8 cm³/mol. The first kappa shape index (κ1) is 14.4. The van der Waals surface area contributed by atoms with E-state index in [-0.39, 0.29) is 11.2 Å². The molecule has 2 rings (SSSR count).